The Morgan fingerprint density at radius 1 is 1.32 bits per heavy atom. The van der Waals surface area contributed by atoms with Gasteiger partial charge in [-0.3, -0.25) is 9.80 Å². The van der Waals surface area contributed by atoms with Crippen molar-refractivity contribution in [1.29, 1.82) is 0 Å². The first-order valence-electron chi connectivity index (χ1n) is 7.17. The fourth-order valence-electron chi connectivity index (χ4n) is 3.15. The first-order valence-corrected chi connectivity index (χ1v) is 7.98. The first-order chi connectivity index (χ1) is 8.93. The monoisotopic (exact) mass is 281 g/mol. The molecule has 1 aliphatic heterocycles. The zero-order chi connectivity index (χ0) is 14.2. The van der Waals surface area contributed by atoms with Crippen LogP contribution in [-0.2, 0) is 0 Å². The molecule has 3 unspecified atom stereocenters. The van der Waals surface area contributed by atoms with Gasteiger partial charge in [0.1, 0.15) is 0 Å². The second kappa shape index (κ2) is 5.92. The summed E-state index contributed by atoms with van der Waals surface area (Å²) in [6.45, 7) is 11.9. The molecule has 1 aromatic rings. The highest BCUT2D eigenvalue weighted by molar-refractivity contribution is 7.12. The molecule has 0 spiro atoms. The second-order valence-corrected chi connectivity index (χ2v) is 7.40. The lowest BCUT2D eigenvalue weighted by Gasteiger charge is -2.45. The fraction of sp³-hybridized carbons (Fsp3) is 0.733. The summed E-state index contributed by atoms with van der Waals surface area (Å²) in [7, 11) is 2.23. The van der Waals surface area contributed by atoms with Crippen LogP contribution in [0.2, 0.25) is 0 Å². The Morgan fingerprint density at radius 3 is 2.32 bits per heavy atom. The Labute approximate surface area is 121 Å². The molecule has 0 radical (unpaired) electrons. The molecular formula is C15H27N3S. The highest BCUT2D eigenvalue weighted by Gasteiger charge is 2.31. The molecule has 108 valence electrons. The van der Waals surface area contributed by atoms with Crippen molar-refractivity contribution in [2.75, 3.05) is 26.7 Å². The van der Waals surface area contributed by atoms with Crippen molar-refractivity contribution in [1.82, 2.24) is 9.80 Å². The average molecular weight is 281 g/mol. The number of rotatable bonds is 3. The maximum atomic E-state index is 6.09. The third kappa shape index (κ3) is 3.02. The van der Waals surface area contributed by atoms with Crippen molar-refractivity contribution in [2.24, 2.45) is 5.73 Å². The number of thiophene rings is 1. The van der Waals surface area contributed by atoms with Crippen molar-refractivity contribution in [3.8, 4) is 0 Å². The van der Waals surface area contributed by atoms with Gasteiger partial charge in [0.25, 0.3) is 0 Å². The molecule has 3 atom stereocenters. The molecule has 4 heteroatoms. The minimum Gasteiger partial charge on any atom is -0.329 e. The predicted molar refractivity (Wildman–Crippen MR) is 83.8 cm³/mol. The van der Waals surface area contributed by atoms with E-state index in [1.54, 1.807) is 0 Å². The molecule has 1 aromatic heterocycles. The summed E-state index contributed by atoms with van der Waals surface area (Å²) in [5, 5.41) is 0. The molecule has 0 aliphatic carbocycles. The summed E-state index contributed by atoms with van der Waals surface area (Å²) in [6.07, 6.45) is 0. The Bertz CT molecular complexity index is 417. The standard InChI is InChI=1S/C15H27N3S/c1-10-8-18(9-11(2)17(10)5)15(7-16)14-6-12(3)19-13(14)4/h6,10-11,15H,7-9,16H2,1-5H3. The van der Waals surface area contributed by atoms with E-state index in [0.717, 1.165) is 13.1 Å². The SMILES string of the molecule is Cc1cc(C(CN)N2CC(C)N(C)C(C)C2)c(C)s1. The number of hydrogen-bond acceptors (Lipinski definition) is 4. The van der Waals surface area contributed by atoms with E-state index in [1.807, 2.05) is 11.3 Å². The van der Waals surface area contributed by atoms with Crippen LogP contribution in [0.15, 0.2) is 6.07 Å². The van der Waals surface area contributed by atoms with Crippen LogP contribution in [0, 0.1) is 13.8 Å². The molecule has 3 nitrogen and oxygen atoms in total. The van der Waals surface area contributed by atoms with Gasteiger partial charge in [-0.05, 0) is 46.4 Å². The molecule has 2 heterocycles. The third-order valence-electron chi connectivity index (χ3n) is 4.49. The van der Waals surface area contributed by atoms with E-state index >= 15 is 0 Å². The number of nitrogens with zero attached hydrogens (tertiary/aromatic N) is 2. The Hall–Kier alpha value is -0.420. The third-order valence-corrected chi connectivity index (χ3v) is 5.47. The van der Waals surface area contributed by atoms with Gasteiger partial charge in [-0.15, -0.1) is 11.3 Å². The smallest absolute Gasteiger partial charge is 0.0482 e. The fourth-order valence-corrected chi connectivity index (χ4v) is 4.14. The molecule has 2 rings (SSSR count). The van der Waals surface area contributed by atoms with Crippen LogP contribution in [0.25, 0.3) is 0 Å². The van der Waals surface area contributed by atoms with E-state index in [-0.39, 0.29) is 0 Å². The van der Waals surface area contributed by atoms with E-state index in [0.29, 0.717) is 24.7 Å². The van der Waals surface area contributed by atoms with Crippen LogP contribution in [0.4, 0.5) is 0 Å². The zero-order valence-corrected chi connectivity index (χ0v) is 13.6. The summed E-state index contributed by atoms with van der Waals surface area (Å²) in [6, 6.07) is 3.89. The molecule has 1 aliphatic rings. The summed E-state index contributed by atoms with van der Waals surface area (Å²) >= 11 is 1.89. The maximum absolute atomic E-state index is 6.09. The van der Waals surface area contributed by atoms with Gasteiger partial charge < -0.3 is 5.73 Å². The Balaban J connectivity index is 2.21. The number of hydrogen-bond donors (Lipinski definition) is 1. The van der Waals surface area contributed by atoms with Crippen molar-refractivity contribution in [3.05, 3.63) is 21.4 Å². The maximum Gasteiger partial charge on any atom is 0.0482 e. The van der Waals surface area contributed by atoms with Gasteiger partial charge in [0, 0.05) is 47.5 Å². The first kappa shape index (κ1) is 15.0. The van der Waals surface area contributed by atoms with E-state index < -0.39 is 0 Å². The van der Waals surface area contributed by atoms with Crippen LogP contribution < -0.4 is 5.73 Å². The van der Waals surface area contributed by atoms with E-state index in [1.165, 1.54) is 15.3 Å². The average Bonchev–Trinajstić information content (AvgIpc) is 2.66. The summed E-state index contributed by atoms with van der Waals surface area (Å²) in [4.78, 5) is 7.85. The van der Waals surface area contributed by atoms with Crippen molar-refractivity contribution in [3.63, 3.8) is 0 Å². The van der Waals surface area contributed by atoms with E-state index in [2.05, 4.69) is 50.6 Å². The number of aryl methyl sites for hydroxylation is 2. The molecule has 2 N–H and O–H groups in total. The largest absolute Gasteiger partial charge is 0.329 e. The lowest BCUT2D eigenvalue weighted by molar-refractivity contribution is 0.0351. The molecule has 0 bridgehead atoms. The van der Waals surface area contributed by atoms with Crippen molar-refractivity contribution in [2.45, 2.75) is 45.8 Å². The topological polar surface area (TPSA) is 32.5 Å². The Kier molecular flexibility index (Phi) is 4.66. The zero-order valence-electron chi connectivity index (χ0n) is 12.8. The lowest BCUT2D eigenvalue weighted by Crippen LogP contribution is -2.56. The van der Waals surface area contributed by atoms with Crippen LogP contribution in [0.1, 0.15) is 35.2 Å². The van der Waals surface area contributed by atoms with Gasteiger partial charge >= 0.3 is 0 Å². The van der Waals surface area contributed by atoms with Gasteiger partial charge in [-0.1, -0.05) is 0 Å². The minimum absolute atomic E-state index is 0.378. The van der Waals surface area contributed by atoms with E-state index in [9.17, 15) is 0 Å². The van der Waals surface area contributed by atoms with Crippen molar-refractivity contribution >= 4 is 11.3 Å². The van der Waals surface area contributed by atoms with Crippen LogP contribution >= 0.6 is 11.3 Å². The number of piperazine rings is 1. The van der Waals surface area contributed by atoms with Gasteiger partial charge in [0.2, 0.25) is 0 Å². The molecule has 0 saturated carbocycles. The molecule has 0 aromatic carbocycles. The predicted octanol–water partition coefficient (Wildman–Crippen LogP) is 2.39. The van der Waals surface area contributed by atoms with Crippen LogP contribution in [-0.4, -0.2) is 48.6 Å². The second-order valence-electron chi connectivity index (χ2n) is 5.94. The molecule has 1 fully saturated rings. The van der Waals surface area contributed by atoms with Crippen LogP contribution in [0.5, 0.6) is 0 Å². The number of likely N-dealkylation sites (N-methyl/N-ethyl adjacent to an activating group) is 1. The molecule has 0 amide bonds. The molecule has 1 saturated heterocycles. The Morgan fingerprint density at radius 2 is 1.89 bits per heavy atom. The minimum atomic E-state index is 0.378. The van der Waals surface area contributed by atoms with Gasteiger partial charge in [-0.25, -0.2) is 0 Å². The summed E-state index contributed by atoms with van der Waals surface area (Å²) < 4.78 is 0. The lowest BCUT2D eigenvalue weighted by atomic mass is 10.0. The summed E-state index contributed by atoms with van der Waals surface area (Å²) in [5.41, 5.74) is 7.53. The highest BCUT2D eigenvalue weighted by Crippen LogP contribution is 2.31. The van der Waals surface area contributed by atoms with Gasteiger partial charge in [-0.2, -0.15) is 0 Å². The summed E-state index contributed by atoms with van der Waals surface area (Å²) in [5.74, 6) is 0. The van der Waals surface area contributed by atoms with E-state index in [4.69, 9.17) is 5.73 Å². The highest BCUT2D eigenvalue weighted by atomic mass is 32.1. The normalized spacial score (nSPS) is 27.7. The number of nitrogens with two attached hydrogens (primary N) is 1. The molecular weight excluding hydrogens is 254 g/mol. The molecule has 19 heavy (non-hydrogen) atoms. The van der Waals surface area contributed by atoms with Gasteiger partial charge in [0.15, 0.2) is 0 Å². The van der Waals surface area contributed by atoms with Crippen molar-refractivity contribution < 1.29 is 0 Å². The van der Waals surface area contributed by atoms with Gasteiger partial charge in [0.05, 0.1) is 0 Å². The van der Waals surface area contributed by atoms with Crippen LogP contribution in [0.3, 0.4) is 0 Å². The quantitative estimate of drug-likeness (QED) is 0.923.